The first-order valence-corrected chi connectivity index (χ1v) is 11.2. The summed E-state index contributed by atoms with van der Waals surface area (Å²) in [6, 6.07) is 0. The van der Waals surface area contributed by atoms with Crippen molar-refractivity contribution in [3.8, 4) is 0 Å². The summed E-state index contributed by atoms with van der Waals surface area (Å²) in [6.45, 7) is 14.3. The van der Waals surface area contributed by atoms with Gasteiger partial charge < -0.3 is 15.1 Å². The molecule has 0 bridgehead atoms. The first-order valence-electron chi connectivity index (χ1n) is 10.4. The van der Waals surface area contributed by atoms with Crippen LogP contribution in [0.1, 0.15) is 63.1 Å². The largest absolute Gasteiger partial charge is 0.357 e. The average Bonchev–Trinajstić information content (AvgIpc) is 3.29. The van der Waals surface area contributed by atoms with Gasteiger partial charge in [-0.15, -0.1) is 11.3 Å². The van der Waals surface area contributed by atoms with Crippen molar-refractivity contribution in [2.75, 3.05) is 39.3 Å². The van der Waals surface area contributed by atoms with Crippen LogP contribution >= 0.6 is 11.3 Å². The van der Waals surface area contributed by atoms with Crippen LogP contribution in [-0.2, 0) is 6.54 Å². The molecule has 0 spiro atoms. The highest BCUT2D eigenvalue weighted by molar-refractivity contribution is 7.09. The maximum absolute atomic E-state index is 4.88. The molecule has 0 radical (unpaired) electrons. The first-order chi connectivity index (χ1) is 12.7. The molecule has 1 unspecified atom stereocenters. The predicted octanol–water partition coefficient (Wildman–Crippen LogP) is 3.54. The Morgan fingerprint density at radius 1 is 1.31 bits per heavy atom. The minimum atomic E-state index is 0.500. The van der Waals surface area contributed by atoms with Crippen molar-refractivity contribution in [3.63, 3.8) is 0 Å². The summed E-state index contributed by atoms with van der Waals surface area (Å²) in [6.07, 6.45) is 5.47. The number of nitrogens with zero attached hydrogens (tertiary/aromatic N) is 4. The second-order valence-corrected chi connectivity index (χ2v) is 8.85. The molecule has 26 heavy (non-hydrogen) atoms. The van der Waals surface area contributed by atoms with Crippen LogP contribution in [-0.4, -0.2) is 60.0 Å². The van der Waals surface area contributed by atoms with E-state index >= 15 is 0 Å². The molecule has 146 valence electrons. The fraction of sp³-hybridized carbons (Fsp3) is 0.800. The molecule has 0 amide bonds. The van der Waals surface area contributed by atoms with Gasteiger partial charge in [0.2, 0.25) is 0 Å². The zero-order chi connectivity index (χ0) is 18.4. The van der Waals surface area contributed by atoms with Gasteiger partial charge in [-0.05, 0) is 45.2 Å². The van der Waals surface area contributed by atoms with Crippen LogP contribution in [0.4, 0.5) is 0 Å². The number of hydrogen-bond acceptors (Lipinski definition) is 4. The quantitative estimate of drug-likeness (QED) is 0.608. The molecular formula is C20H35N5S. The molecule has 0 saturated carbocycles. The molecule has 2 fully saturated rings. The SMILES string of the molecule is CCNC(=NCc1csc(C(C)C)n1)N1CCC(CN2CCCCC2)C1. The summed E-state index contributed by atoms with van der Waals surface area (Å²) in [4.78, 5) is 14.7. The zero-order valence-electron chi connectivity index (χ0n) is 16.7. The Kier molecular flexibility index (Phi) is 7.32. The Bertz CT molecular complexity index is 577. The molecule has 3 heterocycles. The van der Waals surface area contributed by atoms with E-state index in [4.69, 9.17) is 9.98 Å². The van der Waals surface area contributed by atoms with Gasteiger partial charge in [-0.1, -0.05) is 20.3 Å². The fourth-order valence-electron chi connectivity index (χ4n) is 3.92. The van der Waals surface area contributed by atoms with Gasteiger partial charge in [0.05, 0.1) is 17.2 Å². The number of piperidine rings is 1. The molecule has 1 N–H and O–H groups in total. The molecule has 1 aromatic rings. The summed E-state index contributed by atoms with van der Waals surface area (Å²) in [5.41, 5.74) is 1.10. The normalized spacial score (nSPS) is 22.4. The van der Waals surface area contributed by atoms with E-state index in [0.29, 0.717) is 12.5 Å². The van der Waals surface area contributed by atoms with Crippen LogP contribution < -0.4 is 5.32 Å². The molecular weight excluding hydrogens is 342 g/mol. The van der Waals surface area contributed by atoms with E-state index < -0.39 is 0 Å². The highest BCUT2D eigenvalue weighted by Crippen LogP contribution is 2.21. The Morgan fingerprint density at radius 2 is 2.12 bits per heavy atom. The van der Waals surface area contributed by atoms with E-state index in [9.17, 15) is 0 Å². The van der Waals surface area contributed by atoms with E-state index in [1.54, 1.807) is 11.3 Å². The van der Waals surface area contributed by atoms with Crippen molar-refractivity contribution in [2.24, 2.45) is 10.9 Å². The fourth-order valence-corrected chi connectivity index (χ4v) is 4.75. The standard InChI is InChI=1S/C20H35N5S/c1-4-21-20(22-12-18-15-26-19(23-18)16(2)3)25-11-8-17(14-25)13-24-9-6-5-7-10-24/h15-17H,4-14H2,1-3H3,(H,21,22). The molecule has 6 heteroatoms. The van der Waals surface area contributed by atoms with Crippen LogP contribution in [0.5, 0.6) is 0 Å². The summed E-state index contributed by atoms with van der Waals surface area (Å²) >= 11 is 1.75. The lowest BCUT2D eigenvalue weighted by atomic mass is 10.1. The number of hydrogen-bond donors (Lipinski definition) is 1. The summed E-state index contributed by atoms with van der Waals surface area (Å²) in [7, 11) is 0. The van der Waals surface area contributed by atoms with E-state index in [2.05, 4.69) is 41.3 Å². The van der Waals surface area contributed by atoms with Gasteiger partial charge in [0, 0.05) is 37.5 Å². The number of likely N-dealkylation sites (tertiary alicyclic amines) is 2. The van der Waals surface area contributed by atoms with Gasteiger partial charge in [-0.2, -0.15) is 0 Å². The van der Waals surface area contributed by atoms with Crippen molar-refractivity contribution in [1.29, 1.82) is 0 Å². The Balaban J connectivity index is 1.54. The van der Waals surface area contributed by atoms with Crippen molar-refractivity contribution in [2.45, 2.75) is 58.9 Å². The van der Waals surface area contributed by atoms with Crippen LogP contribution in [0.15, 0.2) is 10.4 Å². The molecule has 2 aliphatic rings. The Hall–Kier alpha value is -1.14. The van der Waals surface area contributed by atoms with Gasteiger partial charge in [-0.25, -0.2) is 9.98 Å². The average molecular weight is 378 g/mol. The van der Waals surface area contributed by atoms with Crippen LogP contribution in [0.2, 0.25) is 0 Å². The summed E-state index contributed by atoms with van der Waals surface area (Å²) < 4.78 is 0. The van der Waals surface area contributed by atoms with E-state index in [1.807, 2.05) is 0 Å². The molecule has 0 aromatic carbocycles. The van der Waals surface area contributed by atoms with Gasteiger partial charge in [0.1, 0.15) is 0 Å². The molecule has 1 aromatic heterocycles. The second kappa shape index (κ2) is 9.70. The lowest BCUT2D eigenvalue weighted by Gasteiger charge is -2.29. The van der Waals surface area contributed by atoms with Crippen molar-refractivity contribution in [1.82, 2.24) is 20.1 Å². The van der Waals surface area contributed by atoms with Gasteiger partial charge in [0.25, 0.3) is 0 Å². The molecule has 1 atom stereocenters. The molecule has 2 saturated heterocycles. The smallest absolute Gasteiger partial charge is 0.194 e. The Morgan fingerprint density at radius 3 is 2.81 bits per heavy atom. The van der Waals surface area contributed by atoms with E-state index in [0.717, 1.165) is 37.2 Å². The number of guanidine groups is 1. The molecule has 3 rings (SSSR count). The predicted molar refractivity (Wildman–Crippen MR) is 111 cm³/mol. The van der Waals surface area contributed by atoms with Crippen LogP contribution in [0, 0.1) is 5.92 Å². The van der Waals surface area contributed by atoms with Crippen molar-refractivity contribution >= 4 is 17.3 Å². The minimum Gasteiger partial charge on any atom is -0.357 e. The van der Waals surface area contributed by atoms with Crippen molar-refractivity contribution < 1.29 is 0 Å². The van der Waals surface area contributed by atoms with E-state index in [1.165, 1.54) is 50.3 Å². The summed E-state index contributed by atoms with van der Waals surface area (Å²) in [5.74, 6) is 2.34. The third-order valence-electron chi connectivity index (χ3n) is 5.34. The van der Waals surface area contributed by atoms with E-state index in [-0.39, 0.29) is 0 Å². The number of thiazole rings is 1. The molecule has 5 nitrogen and oxygen atoms in total. The number of nitrogens with one attached hydrogen (secondary N) is 1. The second-order valence-electron chi connectivity index (χ2n) is 7.96. The third kappa shape index (κ3) is 5.43. The molecule has 0 aliphatic carbocycles. The van der Waals surface area contributed by atoms with Crippen LogP contribution in [0.25, 0.3) is 0 Å². The maximum atomic E-state index is 4.88. The lowest BCUT2D eigenvalue weighted by Crippen LogP contribution is -2.41. The monoisotopic (exact) mass is 377 g/mol. The number of aromatic nitrogens is 1. The van der Waals surface area contributed by atoms with Gasteiger partial charge in [0.15, 0.2) is 5.96 Å². The third-order valence-corrected chi connectivity index (χ3v) is 6.53. The topological polar surface area (TPSA) is 43.8 Å². The van der Waals surface area contributed by atoms with Crippen molar-refractivity contribution in [3.05, 3.63) is 16.1 Å². The highest BCUT2D eigenvalue weighted by atomic mass is 32.1. The number of rotatable bonds is 6. The van der Waals surface area contributed by atoms with Crippen LogP contribution in [0.3, 0.4) is 0 Å². The van der Waals surface area contributed by atoms with Gasteiger partial charge >= 0.3 is 0 Å². The lowest BCUT2D eigenvalue weighted by molar-refractivity contribution is 0.198. The maximum Gasteiger partial charge on any atom is 0.194 e. The highest BCUT2D eigenvalue weighted by Gasteiger charge is 2.27. The number of aliphatic imine (C=N–C) groups is 1. The van der Waals surface area contributed by atoms with Gasteiger partial charge in [-0.3, -0.25) is 0 Å². The first kappa shape index (κ1) is 19.6. The Labute approximate surface area is 162 Å². The zero-order valence-corrected chi connectivity index (χ0v) is 17.5. The summed E-state index contributed by atoms with van der Waals surface area (Å²) in [5, 5.41) is 6.86. The molecule has 2 aliphatic heterocycles. The minimum absolute atomic E-state index is 0.500.